The third-order valence-electron chi connectivity index (χ3n) is 5.36. The Hall–Kier alpha value is 0.371. The van der Waals surface area contributed by atoms with Crippen LogP contribution in [-0.4, -0.2) is 8.07 Å². The van der Waals surface area contributed by atoms with Gasteiger partial charge in [-0.3, -0.25) is 0 Å². The zero-order valence-electron chi connectivity index (χ0n) is 16.8. The Morgan fingerprint density at radius 1 is 0.680 bits per heavy atom. The maximum Gasteiger partial charge on any atom is 4.00 e. The van der Waals surface area contributed by atoms with Crippen molar-refractivity contribution >= 4 is 18.4 Å². The Morgan fingerprint density at radius 3 is 1.32 bits per heavy atom. The molecule has 138 valence electrons. The van der Waals surface area contributed by atoms with Crippen LogP contribution in [0.25, 0.3) is 0 Å². The van der Waals surface area contributed by atoms with E-state index < -0.39 is 8.07 Å². The van der Waals surface area contributed by atoms with E-state index in [-0.39, 0.29) is 58.9 Å². The first kappa shape index (κ1) is 30.1. The fourth-order valence-electron chi connectivity index (χ4n) is 4.45. The summed E-state index contributed by atoms with van der Waals surface area (Å²) in [6.07, 6.45) is 0. The molecule has 0 unspecified atom stereocenters. The van der Waals surface area contributed by atoms with Gasteiger partial charge in [-0.15, -0.1) is 5.19 Å². The zero-order chi connectivity index (χ0) is 16.1. The first-order chi connectivity index (χ1) is 9.59. The quantitative estimate of drug-likeness (QED) is 0.319. The predicted molar refractivity (Wildman–Crippen MR) is 98.4 cm³/mol. The van der Waals surface area contributed by atoms with E-state index in [4.69, 9.17) is 0 Å². The summed E-state index contributed by atoms with van der Waals surface area (Å²) in [5.74, 6) is 0. The molecule has 0 aromatic heterocycles. The molecule has 0 bridgehead atoms. The second-order valence-corrected chi connectivity index (χ2v) is 11.5. The molecule has 0 nitrogen and oxygen atoms in total. The summed E-state index contributed by atoms with van der Waals surface area (Å²) in [5.41, 5.74) is 10.4. The molecule has 0 aliphatic heterocycles. The van der Waals surface area contributed by atoms with Crippen LogP contribution in [-0.2, 0) is 21.7 Å². The SMILES string of the molecule is Cc1cc(C)c([Si](C)(C)[c-]2c(C)c(C)c(C)c2C)c(C)c1.[Cl-].[Cl-].[Cl-].[Ti+4]. The van der Waals surface area contributed by atoms with E-state index >= 15 is 0 Å². The molecule has 2 rings (SSSR count). The minimum absolute atomic E-state index is 0. The smallest absolute Gasteiger partial charge is 1.00 e. The van der Waals surface area contributed by atoms with Crippen LogP contribution in [0.15, 0.2) is 12.1 Å². The molecule has 0 amide bonds. The van der Waals surface area contributed by atoms with Gasteiger partial charge in [-0.05, 0) is 20.8 Å². The van der Waals surface area contributed by atoms with Crippen molar-refractivity contribution < 1.29 is 58.9 Å². The van der Waals surface area contributed by atoms with Gasteiger partial charge in [0, 0.05) is 0 Å². The van der Waals surface area contributed by atoms with Crippen molar-refractivity contribution in [3.63, 3.8) is 0 Å². The summed E-state index contributed by atoms with van der Waals surface area (Å²) in [7, 11) is -1.67. The van der Waals surface area contributed by atoms with Gasteiger partial charge < -0.3 is 37.2 Å². The number of hydrogen-bond acceptors (Lipinski definition) is 0. The monoisotopic (exact) mass is 450 g/mol. The van der Waals surface area contributed by atoms with Crippen LogP contribution in [0, 0.1) is 48.5 Å². The summed E-state index contributed by atoms with van der Waals surface area (Å²) >= 11 is 0. The molecule has 0 atom stereocenters. The van der Waals surface area contributed by atoms with E-state index in [1.807, 2.05) is 0 Å². The molecule has 2 aromatic carbocycles. The Morgan fingerprint density at radius 2 is 1.00 bits per heavy atom. The third-order valence-corrected chi connectivity index (χ3v) is 9.40. The van der Waals surface area contributed by atoms with Crippen molar-refractivity contribution in [1.29, 1.82) is 0 Å². The predicted octanol–water partition coefficient (Wildman–Crippen LogP) is -4.60. The molecule has 0 fully saturated rings. The molecule has 0 saturated heterocycles. The first-order valence-electron chi connectivity index (χ1n) is 7.90. The summed E-state index contributed by atoms with van der Waals surface area (Å²) in [6.45, 7) is 21.0. The average Bonchev–Trinajstić information content (AvgIpc) is 2.52. The first-order valence-corrected chi connectivity index (χ1v) is 10.9. The van der Waals surface area contributed by atoms with Crippen LogP contribution in [0.3, 0.4) is 0 Å². The number of hydrogen-bond donors (Lipinski definition) is 0. The molecule has 0 aliphatic rings. The van der Waals surface area contributed by atoms with Crippen LogP contribution in [0.2, 0.25) is 13.1 Å². The van der Waals surface area contributed by atoms with Crippen molar-refractivity contribution in [3.8, 4) is 0 Å². The molecule has 25 heavy (non-hydrogen) atoms. The number of halogens is 3. The van der Waals surface area contributed by atoms with Gasteiger partial charge in [0.15, 0.2) is 0 Å². The Bertz CT molecular complexity index is 670. The van der Waals surface area contributed by atoms with Crippen LogP contribution >= 0.6 is 0 Å². The summed E-state index contributed by atoms with van der Waals surface area (Å²) in [4.78, 5) is 0. The van der Waals surface area contributed by atoms with E-state index in [0.717, 1.165) is 0 Å². The number of benzene rings is 1. The molecule has 5 heteroatoms. The minimum Gasteiger partial charge on any atom is -1.00 e. The van der Waals surface area contributed by atoms with Gasteiger partial charge in [-0.2, -0.15) is 22.3 Å². The van der Waals surface area contributed by atoms with Gasteiger partial charge in [0.25, 0.3) is 0 Å². The van der Waals surface area contributed by atoms with Crippen LogP contribution in [0.1, 0.15) is 38.9 Å². The van der Waals surface area contributed by atoms with Gasteiger partial charge in [0.1, 0.15) is 0 Å². The Labute approximate surface area is 189 Å². The van der Waals surface area contributed by atoms with E-state index in [1.54, 1.807) is 10.4 Å². The maximum atomic E-state index is 2.52. The largest absolute Gasteiger partial charge is 4.00 e. The topological polar surface area (TPSA) is 0 Å². The molecule has 0 radical (unpaired) electrons. The molecule has 0 N–H and O–H groups in total. The number of aryl methyl sites for hydroxylation is 3. The number of rotatable bonds is 2. The molecular weight excluding hydrogens is 423 g/mol. The maximum absolute atomic E-state index is 2.52. The summed E-state index contributed by atoms with van der Waals surface area (Å²) in [5, 5.41) is 3.29. The standard InChI is InChI=1S/C20H29Si.3ClH.Ti/c1-12-10-13(2)19(14(3)11-12)21(8,9)20-17(6)15(4)16(5)18(20)7;;;;/h10-11H,1-9H3;3*1H;/q-1;;;;+4/p-3. The van der Waals surface area contributed by atoms with E-state index in [1.165, 1.54) is 38.9 Å². The Kier molecular flexibility index (Phi) is 12.8. The van der Waals surface area contributed by atoms with Crippen molar-refractivity contribution in [2.24, 2.45) is 0 Å². The molecule has 0 spiro atoms. The van der Waals surface area contributed by atoms with Crippen LogP contribution in [0.5, 0.6) is 0 Å². The second kappa shape index (κ2) is 10.6. The van der Waals surface area contributed by atoms with Gasteiger partial charge in [-0.1, -0.05) is 74.8 Å². The van der Waals surface area contributed by atoms with Crippen LogP contribution < -0.4 is 47.6 Å². The summed E-state index contributed by atoms with van der Waals surface area (Å²) in [6, 6.07) is 4.70. The van der Waals surface area contributed by atoms with Gasteiger partial charge >= 0.3 is 21.7 Å². The van der Waals surface area contributed by atoms with Crippen molar-refractivity contribution in [1.82, 2.24) is 0 Å². The summed E-state index contributed by atoms with van der Waals surface area (Å²) < 4.78 is 0. The molecule has 0 aliphatic carbocycles. The molecular formula is C20H29Cl3SiTi. The van der Waals surface area contributed by atoms with Crippen LogP contribution in [0.4, 0.5) is 0 Å². The van der Waals surface area contributed by atoms with E-state index in [2.05, 4.69) is 73.7 Å². The fourth-order valence-corrected chi connectivity index (χ4v) is 9.06. The van der Waals surface area contributed by atoms with E-state index in [9.17, 15) is 0 Å². The van der Waals surface area contributed by atoms with Crippen molar-refractivity contribution in [3.05, 3.63) is 51.1 Å². The zero-order valence-corrected chi connectivity index (χ0v) is 21.6. The second-order valence-electron chi connectivity index (χ2n) is 7.27. The van der Waals surface area contributed by atoms with Crippen molar-refractivity contribution in [2.75, 3.05) is 0 Å². The van der Waals surface area contributed by atoms with Gasteiger partial charge in [0.2, 0.25) is 0 Å². The average molecular weight is 452 g/mol. The van der Waals surface area contributed by atoms with Crippen molar-refractivity contribution in [2.45, 2.75) is 61.6 Å². The third kappa shape index (κ3) is 5.21. The minimum atomic E-state index is -1.67. The van der Waals surface area contributed by atoms with E-state index in [0.29, 0.717) is 0 Å². The normalized spacial score (nSPS) is 10.1. The molecule has 0 saturated carbocycles. The van der Waals surface area contributed by atoms with Gasteiger partial charge in [0.05, 0.1) is 8.07 Å². The molecule has 0 heterocycles. The molecule has 2 aromatic rings. The fraction of sp³-hybridized carbons (Fsp3) is 0.450. The van der Waals surface area contributed by atoms with Gasteiger partial charge in [-0.25, -0.2) is 0 Å². The Balaban J connectivity index is -0.00000121.